The first-order chi connectivity index (χ1) is 7.67. The SMILES string of the molecule is CC(C)(C)OC(=O)CCC(O)C(O)C(O)CO. The molecule has 0 aromatic heterocycles. The Bertz CT molecular complexity index is 235. The number of ether oxygens (including phenoxy) is 1. The van der Waals surface area contributed by atoms with Gasteiger partial charge in [-0.3, -0.25) is 4.79 Å². The van der Waals surface area contributed by atoms with Crippen molar-refractivity contribution in [2.75, 3.05) is 6.61 Å². The zero-order valence-electron chi connectivity index (χ0n) is 10.5. The van der Waals surface area contributed by atoms with E-state index in [-0.39, 0.29) is 12.8 Å². The smallest absolute Gasteiger partial charge is 0.306 e. The summed E-state index contributed by atoms with van der Waals surface area (Å²) < 4.78 is 5.01. The molecule has 3 unspecified atom stereocenters. The first-order valence-corrected chi connectivity index (χ1v) is 5.54. The molecule has 17 heavy (non-hydrogen) atoms. The Morgan fingerprint density at radius 2 is 1.71 bits per heavy atom. The molecule has 102 valence electrons. The molecule has 0 aliphatic heterocycles. The van der Waals surface area contributed by atoms with Gasteiger partial charge in [0.05, 0.1) is 12.7 Å². The zero-order chi connectivity index (χ0) is 13.6. The second kappa shape index (κ2) is 6.90. The molecule has 0 rings (SSSR count). The number of aliphatic hydroxyl groups is 4. The minimum atomic E-state index is -1.47. The van der Waals surface area contributed by atoms with Crippen LogP contribution in [0.15, 0.2) is 0 Å². The minimum absolute atomic E-state index is 0.0346. The zero-order valence-corrected chi connectivity index (χ0v) is 10.5. The standard InChI is InChI=1S/C11H22O6/c1-11(2,3)17-9(15)5-4-7(13)10(16)8(14)6-12/h7-8,10,12-14,16H,4-6H2,1-3H3. The van der Waals surface area contributed by atoms with E-state index < -0.39 is 36.5 Å². The third-order valence-electron chi connectivity index (χ3n) is 2.04. The van der Waals surface area contributed by atoms with Gasteiger partial charge in [0.25, 0.3) is 0 Å². The number of carbonyl (C=O) groups excluding carboxylic acids is 1. The molecule has 0 aromatic rings. The summed E-state index contributed by atoms with van der Waals surface area (Å²) in [5, 5.41) is 36.4. The van der Waals surface area contributed by atoms with Crippen LogP contribution in [0.1, 0.15) is 33.6 Å². The highest BCUT2D eigenvalue weighted by atomic mass is 16.6. The summed E-state index contributed by atoms with van der Waals surface area (Å²) in [6, 6.07) is 0. The molecule has 0 radical (unpaired) electrons. The normalized spacial score (nSPS) is 17.4. The van der Waals surface area contributed by atoms with Crippen molar-refractivity contribution in [3.63, 3.8) is 0 Å². The highest BCUT2D eigenvalue weighted by molar-refractivity contribution is 5.69. The first-order valence-electron chi connectivity index (χ1n) is 5.54. The Labute approximate surface area is 101 Å². The van der Waals surface area contributed by atoms with Crippen molar-refractivity contribution in [2.24, 2.45) is 0 Å². The second-order valence-corrected chi connectivity index (χ2v) is 4.93. The van der Waals surface area contributed by atoms with Gasteiger partial charge in [-0.2, -0.15) is 0 Å². The molecule has 6 heteroatoms. The van der Waals surface area contributed by atoms with Crippen molar-refractivity contribution < 1.29 is 30.0 Å². The van der Waals surface area contributed by atoms with Gasteiger partial charge in [0.1, 0.15) is 17.8 Å². The molecular formula is C11H22O6. The average molecular weight is 250 g/mol. The van der Waals surface area contributed by atoms with E-state index >= 15 is 0 Å². The summed E-state index contributed by atoms with van der Waals surface area (Å²) in [6.07, 6.45) is -4.25. The van der Waals surface area contributed by atoms with Gasteiger partial charge in [0.2, 0.25) is 0 Å². The minimum Gasteiger partial charge on any atom is -0.460 e. The van der Waals surface area contributed by atoms with Crippen LogP contribution in [0.2, 0.25) is 0 Å². The summed E-state index contributed by atoms with van der Waals surface area (Å²) in [6.45, 7) is 4.54. The third kappa shape index (κ3) is 7.27. The molecular weight excluding hydrogens is 228 g/mol. The quantitative estimate of drug-likeness (QED) is 0.459. The average Bonchev–Trinajstić information content (AvgIpc) is 2.21. The van der Waals surface area contributed by atoms with Gasteiger partial charge >= 0.3 is 5.97 Å². The maximum Gasteiger partial charge on any atom is 0.306 e. The maximum atomic E-state index is 11.3. The Morgan fingerprint density at radius 1 is 1.18 bits per heavy atom. The monoisotopic (exact) mass is 250 g/mol. The van der Waals surface area contributed by atoms with Crippen molar-refractivity contribution in [3.05, 3.63) is 0 Å². The van der Waals surface area contributed by atoms with Gasteiger partial charge in [-0.1, -0.05) is 0 Å². The fourth-order valence-electron chi connectivity index (χ4n) is 1.19. The van der Waals surface area contributed by atoms with Crippen LogP contribution in [0.3, 0.4) is 0 Å². The van der Waals surface area contributed by atoms with E-state index in [1.165, 1.54) is 0 Å². The summed E-state index contributed by atoms with van der Waals surface area (Å²) >= 11 is 0. The predicted octanol–water partition coefficient (Wildman–Crippen LogP) is -0.817. The highest BCUT2D eigenvalue weighted by Gasteiger charge is 2.25. The number of hydrogen-bond acceptors (Lipinski definition) is 6. The van der Waals surface area contributed by atoms with Crippen molar-refractivity contribution in [1.82, 2.24) is 0 Å². The fraction of sp³-hybridized carbons (Fsp3) is 0.909. The summed E-state index contributed by atoms with van der Waals surface area (Å²) in [7, 11) is 0. The number of hydrogen-bond donors (Lipinski definition) is 4. The molecule has 0 spiro atoms. The number of rotatable bonds is 6. The molecule has 3 atom stereocenters. The summed E-state index contributed by atoms with van der Waals surface area (Å²) in [5.74, 6) is -0.484. The van der Waals surface area contributed by atoms with Crippen LogP contribution >= 0.6 is 0 Å². The lowest BCUT2D eigenvalue weighted by Crippen LogP contribution is -2.39. The van der Waals surface area contributed by atoms with Crippen LogP contribution in [0.25, 0.3) is 0 Å². The molecule has 0 saturated heterocycles. The van der Waals surface area contributed by atoms with E-state index in [1.54, 1.807) is 20.8 Å². The molecule has 0 amide bonds. The lowest BCUT2D eigenvalue weighted by atomic mass is 10.0. The van der Waals surface area contributed by atoms with E-state index in [0.29, 0.717) is 0 Å². The summed E-state index contributed by atoms with van der Waals surface area (Å²) in [5.41, 5.74) is -0.592. The number of carbonyl (C=O) groups is 1. The van der Waals surface area contributed by atoms with E-state index in [9.17, 15) is 15.0 Å². The van der Waals surface area contributed by atoms with Gasteiger partial charge in [0, 0.05) is 6.42 Å². The molecule has 6 nitrogen and oxygen atoms in total. The van der Waals surface area contributed by atoms with Crippen molar-refractivity contribution in [3.8, 4) is 0 Å². The van der Waals surface area contributed by atoms with Crippen molar-refractivity contribution >= 4 is 5.97 Å². The highest BCUT2D eigenvalue weighted by Crippen LogP contribution is 2.12. The van der Waals surface area contributed by atoms with Crippen molar-refractivity contribution in [1.29, 1.82) is 0 Å². The molecule has 0 heterocycles. The predicted molar refractivity (Wildman–Crippen MR) is 60.2 cm³/mol. The number of aliphatic hydroxyl groups excluding tert-OH is 4. The van der Waals surface area contributed by atoms with Crippen LogP contribution in [0, 0.1) is 0 Å². The third-order valence-corrected chi connectivity index (χ3v) is 2.04. The van der Waals surface area contributed by atoms with Gasteiger partial charge in [-0.05, 0) is 27.2 Å². The lowest BCUT2D eigenvalue weighted by Gasteiger charge is -2.23. The fourth-order valence-corrected chi connectivity index (χ4v) is 1.19. The van der Waals surface area contributed by atoms with Gasteiger partial charge in [-0.25, -0.2) is 0 Å². The van der Waals surface area contributed by atoms with Crippen LogP contribution in [0.5, 0.6) is 0 Å². The topological polar surface area (TPSA) is 107 Å². The molecule has 4 N–H and O–H groups in total. The first kappa shape index (κ1) is 16.3. The molecule has 0 aliphatic rings. The van der Waals surface area contributed by atoms with E-state index in [2.05, 4.69) is 0 Å². The Balaban J connectivity index is 3.99. The lowest BCUT2D eigenvalue weighted by molar-refractivity contribution is -0.156. The van der Waals surface area contributed by atoms with Crippen LogP contribution in [0.4, 0.5) is 0 Å². The largest absolute Gasteiger partial charge is 0.460 e. The Hall–Kier alpha value is -0.690. The molecule has 0 saturated carbocycles. The molecule has 0 fully saturated rings. The van der Waals surface area contributed by atoms with Crippen LogP contribution in [-0.2, 0) is 9.53 Å². The Morgan fingerprint density at radius 3 is 2.12 bits per heavy atom. The molecule has 0 bridgehead atoms. The maximum absolute atomic E-state index is 11.3. The number of esters is 1. The van der Waals surface area contributed by atoms with Crippen LogP contribution < -0.4 is 0 Å². The van der Waals surface area contributed by atoms with E-state index in [4.69, 9.17) is 14.9 Å². The molecule has 0 aliphatic carbocycles. The summed E-state index contributed by atoms with van der Waals surface area (Å²) in [4.78, 5) is 11.3. The van der Waals surface area contributed by atoms with Crippen molar-refractivity contribution in [2.45, 2.75) is 57.5 Å². The second-order valence-electron chi connectivity index (χ2n) is 4.93. The van der Waals surface area contributed by atoms with Gasteiger partial charge in [0.15, 0.2) is 0 Å². The molecule has 0 aromatic carbocycles. The Kier molecular flexibility index (Phi) is 6.62. The van der Waals surface area contributed by atoms with Crippen LogP contribution in [-0.4, -0.2) is 56.9 Å². The van der Waals surface area contributed by atoms with Gasteiger partial charge in [-0.15, -0.1) is 0 Å². The van der Waals surface area contributed by atoms with E-state index in [0.717, 1.165) is 0 Å². The van der Waals surface area contributed by atoms with E-state index in [1.807, 2.05) is 0 Å². The van der Waals surface area contributed by atoms with Gasteiger partial charge < -0.3 is 25.2 Å².